The van der Waals surface area contributed by atoms with E-state index in [1.807, 2.05) is 21.6 Å². The number of hydrogen-bond donors (Lipinski definition) is 0. The van der Waals surface area contributed by atoms with Gasteiger partial charge in [-0.3, -0.25) is 0 Å². The van der Waals surface area contributed by atoms with Crippen molar-refractivity contribution in [2.75, 3.05) is 5.75 Å². The molecule has 0 saturated heterocycles. The van der Waals surface area contributed by atoms with Crippen LogP contribution >= 0.6 is 35.1 Å². The van der Waals surface area contributed by atoms with E-state index < -0.39 is 0 Å². The molecule has 7 heavy (non-hydrogen) atoms. The van der Waals surface area contributed by atoms with Crippen LogP contribution in [0.5, 0.6) is 0 Å². The summed E-state index contributed by atoms with van der Waals surface area (Å²) in [5, 5.41) is 2.12. The third-order valence-electron chi connectivity index (χ3n) is 0.384. The standard InChI is InChI=1S/C3H4S2.Cu.H2S/c1-2-4-5-3-1;;/h1-2H,3H2;;1H2. The first kappa shape index (κ1) is 11.2. The normalized spacial score (nSPS) is 14.9. The number of hydrogen-bond acceptors (Lipinski definition) is 2. The molecule has 47 valence electrons. The van der Waals surface area contributed by atoms with E-state index in [4.69, 9.17) is 0 Å². The smallest absolute Gasteiger partial charge is 0.0229 e. The summed E-state index contributed by atoms with van der Waals surface area (Å²) in [5.41, 5.74) is 0. The fraction of sp³-hybridized carbons (Fsp3) is 0.333. The molecule has 1 rings (SSSR count). The van der Waals surface area contributed by atoms with Gasteiger partial charge in [0.2, 0.25) is 0 Å². The Hall–Kier alpha value is 1.31. The summed E-state index contributed by atoms with van der Waals surface area (Å²) in [7, 11) is 3.69. The van der Waals surface area contributed by atoms with Crippen molar-refractivity contribution in [2.45, 2.75) is 0 Å². The molecule has 0 aromatic carbocycles. The van der Waals surface area contributed by atoms with Gasteiger partial charge in [-0.2, -0.15) is 13.5 Å². The van der Waals surface area contributed by atoms with Gasteiger partial charge in [-0.25, -0.2) is 0 Å². The second-order valence-corrected chi connectivity index (χ2v) is 3.07. The molecule has 0 saturated carbocycles. The zero-order valence-electron chi connectivity index (χ0n) is 3.48. The molecule has 0 aliphatic carbocycles. The largest absolute Gasteiger partial charge is 0.197 e. The SMILES string of the molecule is C1=CSSC1.S.[Cu]. The van der Waals surface area contributed by atoms with Crippen LogP contribution in [-0.4, -0.2) is 5.75 Å². The molecule has 0 aromatic rings. The summed E-state index contributed by atoms with van der Waals surface area (Å²) < 4.78 is 0. The van der Waals surface area contributed by atoms with E-state index in [1.165, 1.54) is 5.75 Å². The quantitative estimate of drug-likeness (QED) is 0.435. The predicted octanol–water partition coefficient (Wildman–Crippen LogP) is 2.01. The molecule has 0 bridgehead atoms. The zero-order chi connectivity index (χ0) is 3.54. The summed E-state index contributed by atoms with van der Waals surface area (Å²) in [6.07, 6.45) is 2.16. The fourth-order valence-corrected chi connectivity index (χ4v) is 1.77. The Morgan fingerprint density at radius 2 is 2.14 bits per heavy atom. The Bertz CT molecular complexity index is 48.1. The van der Waals surface area contributed by atoms with Gasteiger partial charge < -0.3 is 0 Å². The van der Waals surface area contributed by atoms with E-state index in [1.54, 1.807) is 0 Å². The van der Waals surface area contributed by atoms with Crippen molar-refractivity contribution >= 4 is 35.1 Å². The first-order valence-corrected chi connectivity index (χ1v) is 3.81. The zero-order valence-corrected chi connectivity index (χ0v) is 7.05. The predicted molar refractivity (Wildman–Crippen MR) is 39.6 cm³/mol. The minimum absolute atomic E-state index is 0. The van der Waals surface area contributed by atoms with Crippen LogP contribution in [0.1, 0.15) is 0 Å². The van der Waals surface area contributed by atoms with Crippen molar-refractivity contribution in [1.82, 2.24) is 0 Å². The molecule has 0 atom stereocenters. The number of rotatable bonds is 0. The van der Waals surface area contributed by atoms with Crippen molar-refractivity contribution in [1.29, 1.82) is 0 Å². The second-order valence-electron chi connectivity index (χ2n) is 0.753. The Kier molecular flexibility index (Phi) is 11.6. The van der Waals surface area contributed by atoms with Crippen molar-refractivity contribution in [3.8, 4) is 0 Å². The van der Waals surface area contributed by atoms with Gasteiger partial charge in [-0.15, -0.1) is 0 Å². The summed E-state index contributed by atoms with van der Waals surface area (Å²) >= 11 is 0. The van der Waals surface area contributed by atoms with Gasteiger partial charge in [-0.05, 0) is 5.41 Å². The maximum atomic E-state index is 2.16. The minimum Gasteiger partial charge on any atom is -0.197 e. The maximum absolute atomic E-state index is 2.16. The third kappa shape index (κ3) is 5.18. The molecule has 1 aliphatic heterocycles. The van der Waals surface area contributed by atoms with Gasteiger partial charge >= 0.3 is 0 Å². The molecular formula is C3H6CuS3. The summed E-state index contributed by atoms with van der Waals surface area (Å²) in [6, 6.07) is 0. The molecule has 0 N–H and O–H groups in total. The van der Waals surface area contributed by atoms with E-state index in [9.17, 15) is 0 Å². The van der Waals surface area contributed by atoms with Crippen LogP contribution in [0.25, 0.3) is 0 Å². The van der Waals surface area contributed by atoms with Crippen molar-refractivity contribution < 1.29 is 17.1 Å². The van der Waals surface area contributed by atoms with Crippen LogP contribution < -0.4 is 0 Å². The van der Waals surface area contributed by atoms with Crippen molar-refractivity contribution in [3.63, 3.8) is 0 Å². The second kappa shape index (κ2) is 7.31. The van der Waals surface area contributed by atoms with E-state index in [2.05, 4.69) is 11.5 Å². The molecule has 0 nitrogen and oxygen atoms in total. The molecule has 4 heteroatoms. The molecule has 1 radical (unpaired) electrons. The van der Waals surface area contributed by atoms with Crippen LogP contribution in [0.3, 0.4) is 0 Å². The Morgan fingerprint density at radius 3 is 2.29 bits per heavy atom. The molecule has 1 heterocycles. The maximum Gasteiger partial charge on any atom is 0.0229 e. The Balaban J connectivity index is 0. The summed E-state index contributed by atoms with van der Waals surface area (Å²) in [5.74, 6) is 1.20. The van der Waals surface area contributed by atoms with E-state index >= 15 is 0 Å². The van der Waals surface area contributed by atoms with Crippen LogP contribution in [0.15, 0.2) is 11.5 Å². The third-order valence-corrected chi connectivity index (χ3v) is 2.30. The van der Waals surface area contributed by atoms with Gasteiger partial charge in [0.05, 0.1) is 0 Å². The molecule has 0 unspecified atom stereocenters. The molecule has 0 spiro atoms. The summed E-state index contributed by atoms with van der Waals surface area (Å²) in [6.45, 7) is 0. The monoisotopic (exact) mass is 201 g/mol. The van der Waals surface area contributed by atoms with E-state index in [-0.39, 0.29) is 30.6 Å². The van der Waals surface area contributed by atoms with Gasteiger partial charge in [0, 0.05) is 22.8 Å². The van der Waals surface area contributed by atoms with Gasteiger partial charge in [0.1, 0.15) is 0 Å². The van der Waals surface area contributed by atoms with Crippen LogP contribution in [0.2, 0.25) is 0 Å². The average Bonchev–Trinajstić information content (AvgIpc) is 1.76. The molecule has 1 aliphatic rings. The van der Waals surface area contributed by atoms with Crippen LogP contribution in [-0.2, 0) is 17.1 Å². The average molecular weight is 202 g/mol. The Morgan fingerprint density at radius 1 is 1.43 bits per heavy atom. The molecule has 0 fully saturated rings. The molecule has 0 amide bonds. The van der Waals surface area contributed by atoms with Gasteiger partial charge in [0.15, 0.2) is 0 Å². The minimum atomic E-state index is 0. The van der Waals surface area contributed by atoms with Crippen LogP contribution in [0, 0.1) is 0 Å². The summed E-state index contributed by atoms with van der Waals surface area (Å²) in [4.78, 5) is 0. The van der Waals surface area contributed by atoms with Gasteiger partial charge in [0.25, 0.3) is 0 Å². The van der Waals surface area contributed by atoms with Crippen LogP contribution in [0.4, 0.5) is 0 Å². The van der Waals surface area contributed by atoms with Gasteiger partial charge in [-0.1, -0.05) is 27.7 Å². The van der Waals surface area contributed by atoms with Crippen molar-refractivity contribution in [3.05, 3.63) is 11.5 Å². The molecular weight excluding hydrogens is 196 g/mol. The first-order valence-electron chi connectivity index (χ1n) is 1.43. The topological polar surface area (TPSA) is 0 Å². The van der Waals surface area contributed by atoms with E-state index in [0.717, 1.165) is 0 Å². The first-order chi connectivity index (χ1) is 2.50. The Labute approximate surface area is 69.2 Å². The van der Waals surface area contributed by atoms with Crippen molar-refractivity contribution in [2.24, 2.45) is 0 Å². The van der Waals surface area contributed by atoms with E-state index in [0.29, 0.717) is 0 Å². The molecule has 0 aromatic heterocycles. The fourth-order valence-electron chi connectivity index (χ4n) is 0.196.